The van der Waals surface area contributed by atoms with Crippen molar-refractivity contribution in [3.63, 3.8) is 0 Å². The molecule has 14 heavy (non-hydrogen) atoms. The summed E-state index contributed by atoms with van der Waals surface area (Å²) in [7, 11) is 1.92. The van der Waals surface area contributed by atoms with Crippen LogP contribution in [0.2, 0.25) is 0 Å². The molecule has 1 N–H and O–H groups in total. The molecule has 1 unspecified atom stereocenters. The van der Waals surface area contributed by atoms with Crippen molar-refractivity contribution in [3.8, 4) is 0 Å². The molecule has 0 fully saturated rings. The van der Waals surface area contributed by atoms with Crippen molar-refractivity contribution in [1.82, 2.24) is 14.9 Å². The lowest BCUT2D eigenvalue weighted by Gasteiger charge is -2.10. The van der Waals surface area contributed by atoms with E-state index in [4.69, 9.17) is 0 Å². The lowest BCUT2D eigenvalue weighted by atomic mass is 10.2. The summed E-state index contributed by atoms with van der Waals surface area (Å²) in [6, 6.07) is 0.419. The highest BCUT2D eigenvalue weighted by molar-refractivity contribution is 4.99. The van der Waals surface area contributed by atoms with Gasteiger partial charge in [0, 0.05) is 25.0 Å². The van der Waals surface area contributed by atoms with E-state index in [0.717, 1.165) is 18.5 Å². The molecule has 0 amide bonds. The minimum Gasteiger partial charge on any atom is -0.317 e. The van der Waals surface area contributed by atoms with Gasteiger partial charge in [0.2, 0.25) is 0 Å². The molecule has 0 aromatic carbocycles. The summed E-state index contributed by atoms with van der Waals surface area (Å²) in [5.41, 5.74) is 0.848. The van der Waals surface area contributed by atoms with Crippen molar-refractivity contribution in [2.45, 2.75) is 32.9 Å². The number of rotatable bonds is 4. The fourth-order valence-electron chi connectivity index (χ4n) is 1.20. The summed E-state index contributed by atoms with van der Waals surface area (Å²) in [5.74, 6) is 0. The van der Waals surface area contributed by atoms with Crippen LogP contribution in [0.4, 0.5) is 0 Å². The third-order valence-electron chi connectivity index (χ3n) is 2.28. The third-order valence-corrected chi connectivity index (χ3v) is 2.28. The van der Waals surface area contributed by atoms with Crippen LogP contribution in [0, 0.1) is 6.92 Å². The van der Waals surface area contributed by atoms with Gasteiger partial charge in [-0.25, -0.2) is 9.78 Å². The molecule has 1 aromatic heterocycles. The Balaban J connectivity index is 2.67. The van der Waals surface area contributed by atoms with E-state index in [-0.39, 0.29) is 5.69 Å². The highest BCUT2D eigenvalue weighted by Gasteiger charge is 2.01. The van der Waals surface area contributed by atoms with Crippen molar-refractivity contribution in [3.05, 3.63) is 28.4 Å². The van der Waals surface area contributed by atoms with Gasteiger partial charge >= 0.3 is 5.69 Å². The third kappa shape index (κ3) is 2.96. The molecule has 0 bridgehead atoms. The molecule has 0 aliphatic heterocycles. The summed E-state index contributed by atoms with van der Waals surface area (Å²) < 4.78 is 1.66. The second-order valence-corrected chi connectivity index (χ2v) is 3.59. The second kappa shape index (κ2) is 4.91. The fraction of sp³-hybridized carbons (Fsp3) is 0.600. The fourth-order valence-corrected chi connectivity index (χ4v) is 1.20. The Morgan fingerprint density at radius 1 is 1.64 bits per heavy atom. The van der Waals surface area contributed by atoms with Crippen LogP contribution in [-0.4, -0.2) is 22.6 Å². The normalized spacial score (nSPS) is 12.8. The molecule has 78 valence electrons. The van der Waals surface area contributed by atoms with Crippen LogP contribution in [0.15, 0.2) is 17.2 Å². The summed E-state index contributed by atoms with van der Waals surface area (Å²) >= 11 is 0. The van der Waals surface area contributed by atoms with Crippen LogP contribution in [0.5, 0.6) is 0 Å². The van der Waals surface area contributed by atoms with Crippen molar-refractivity contribution in [2.75, 3.05) is 7.05 Å². The van der Waals surface area contributed by atoms with E-state index in [2.05, 4.69) is 17.2 Å². The van der Waals surface area contributed by atoms with Crippen LogP contribution in [0.3, 0.4) is 0 Å². The zero-order chi connectivity index (χ0) is 10.6. The first-order chi connectivity index (χ1) is 6.63. The van der Waals surface area contributed by atoms with Gasteiger partial charge in [0.25, 0.3) is 0 Å². The van der Waals surface area contributed by atoms with Gasteiger partial charge in [-0.05, 0) is 32.9 Å². The molecule has 0 aliphatic carbocycles. The maximum Gasteiger partial charge on any atom is 0.347 e. The first-order valence-electron chi connectivity index (χ1n) is 4.84. The maximum absolute atomic E-state index is 11.3. The van der Waals surface area contributed by atoms with E-state index in [1.54, 1.807) is 10.8 Å². The Bertz CT molecular complexity index is 345. The van der Waals surface area contributed by atoms with E-state index in [1.807, 2.05) is 20.2 Å². The number of aryl methyl sites for hydroxylation is 2. The second-order valence-electron chi connectivity index (χ2n) is 3.59. The van der Waals surface area contributed by atoms with E-state index >= 15 is 0 Å². The number of hydrogen-bond acceptors (Lipinski definition) is 3. The maximum atomic E-state index is 11.3. The highest BCUT2D eigenvalue weighted by Crippen LogP contribution is 1.95. The Morgan fingerprint density at radius 3 is 3.00 bits per heavy atom. The van der Waals surface area contributed by atoms with Crippen LogP contribution in [-0.2, 0) is 6.54 Å². The van der Waals surface area contributed by atoms with Crippen molar-refractivity contribution in [1.29, 1.82) is 0 Å². The van der Waals surface area contributed by atoms with Crippen molar-refractivity contribution in [2.24, 2.45) is 0 Å². The first-order valence-corrected chi connectivity index (χ1v) is 4.84. The minimum absolute atomic E-state index is 0.168. The van der Waals surface area contributed by atoms with Gasteiger partial charge in [0.05, 0.1) is 0 Å². The zero-order valence-corrected chi connectivity index (χ0v) is 8.95. The molecule has 4 nitrogen and oxygen atoms in total. The van der Waals surface area contributed by atoms with Gasteiger partial charge in [-0.1, -0.05) is 0 Å². The molecule has 0 spiro atoms. The minimum atomic E-state index is -0.168. The summed E-state index contributed by atoms with van der Waals surface area (Å²) in [6.07, 6.45) is 4.37. The molecular formula is C10H17N3O. The monoisotopic (exact) mass is 195 g/mol. The van der Waals surface area contributed by atoms with E-state index in [9.17, 15) is 4.79 Å². The van der Waals surface area contributed by atoms with Crippen molar-refractivity contribution >= 4 is 0 Å². The predicted octanol–water partition coefficient (Wildman–Crippen LogP) is 0.550. The number of aromatic nitrogens is 2. The Hall–Kier alpha value is -1.16. The zero-order valence-electron chi connectivity index (χ0n) is 8.95. The van der Waals surface area contributed by atoms with E-state index in [1.165, 1.54) is 0 Å². The predicted molar refractivity (Wildman–Crippen MR) is 56.4 cm³/mol. The first kappa shape index (κ1) is 10.9. The SMILES string of the molecule is CNC(C)CCn1cc(C)cnc1=O. The lowest BCUT2D eigenvalue weighted by Crippen LogP contribution is -2.27. The van der Waals surface area contributed by atoms with Crippen LogP contribution < -0.4 is 11.0 Å². The van der Waals surface area contributed by atoms with Gasteiger partial charge in [-0.15, -0.1) is 0 Å². The number of nitrogens with one attached hydrogen (secondary N) is 1. The van der Waals surface area contributed by atoms with Crippen molar-refractivity contribution < 1.29 is 0 Å². The number of hydrogen-bond donors (Lipinski definition) is 1. The molecule has 1 aromatic rings. The standard InChI is InChI=1S/C10H17N3O/c1-8-6-12-10(14)13(7-8)5-4-9(2)11-3/h6-7,9,11H,4-5H2,1-3H3. The highest BCUT2D eigenvalue weighted by atomic mass is 16.1. The van der Waals surface area contributed by atoms with Gasteiger partial charge in [-0.2, -0.15) is 0 Å². The molecule has 0 aliphatic rings. The smallest absolute Gasteiger partial charge is 0.317 e. The topological polar surface area (TPSA) is 46.9 Å². The van der Waals surface area contributed by atoms with Crippen LogP contribution in [0.25, 0.3) is 0 Å². The molecule has 1 heterocycles. The van der Waals surface area contributed by atoms with Crippen LogP contribution in [0.1, 0.15) is 18.9 Å². The van der Waals surface area contributed by atoms with Gasteiger partial charge in [0.1, 0.15) is 0 Å². The van der Waals surface area contributed by atoms with Gasteiger partial charge < -0.3 is 5.32 Å². The Kier molecular flexibility index (Phi) is 3.83. The van der Waals surface area contributed by atoms with Gasteiger partial charge in [-0.3, -0.25) is 4.57 Å². The average Bonchev–Trinajstić information content (AvgIpc) is 2.19. The molecule has 1 atom stereocenters. The molecule has 0 radical (unpaired) electrons. The largest absolute Gasteiger partial charge is 0.347 e. The van der Waals surface area contributed by atoms with E-state index in [0.29, 0.717) is 6.04 Å². The van der Waals surface area contributed by atoms with Gasteiger partial charge in [0.15, 0.2) is 0 Å². The molecule has 1 rings (SSSR count). The molecule has 4 heteroatoms. The van der Waals surface area contributed by atoms with Crippen LogP contribution >= 0.6 is 0 Å². The van der Waals surface area contributed by atoms with E-state index < -0.39 is 0 Å². The molecule has 0 saturated heterocycles. The lowest BCUT2D eigenvalue weighted by molar-refractivity contribution is 0.498. The summed E-state index contributed by atoms with van der Waals surface area (Å²) in [4.78, 5) is 15.1. The summed E-state index contributed by atoms with van der Waals surface area (Å²) in [6.45, 7) is 4.74. The Labute approximate surface area is 84.0 Å². The molecular weight excluding hydrogens is 178 g/mol. The Morgan fingerprint density at radius 2 is 2.36 bits per heavy atom. The summed E-state index contributed by atoms with van der Waals surface area (Å²) in [5, 5.41) is 3.13. The quantitative estimate of drug-likeness (QED) is 0.763. The number of nitrogens with zero attached hydrogens (tertiary/aromatic N) is 2. The average molecular weight is 195 g/mol. The molecule has 0 saturated carbocycles.